The quantitative estimate of drug-likeness (QED) is 0.828. The summed E-state index contributed by atoms with van der Waals surface area (Å²) in [5.41, 5.74) is -0.796. The molecule has 0 heterocycles. The highest BCUT2D eigenvalue weighted by Gasteiger charge is 2.34. The number of terminal acetylenes is 1. The maximum absolute atomic E-state index is 11.3. The minimum absolute atomic E-state index is 0.142. The van der Waals surface area contributed by atoms with Gasteiger partial charge in [0.05, 0.1) is 16.6 Å². The van der Waals surface area contributed by atoms with Gasteiger partial charge in [-0.05, 0) is 24.6 Å². The van der Waals surface area contributed by atoms with Crippen LogP contribution < -0.4 is 5.32 Å². The Kier molecular flexibility index (Phi) is 4.41. The fourth-order valence-corrected chi connectivity index (χ4v) is 1.63. The summed E-state index contributed by atoms with van der Waals surface area (Å²) in [5, 5.41) is 12.7. The number of benzene rings is 1. The third-order valence-corrected chi connectivity index (χ3v) is 3.21. The Balaban J connectivity index is 3.18. The lowest BCUT2D eigenvalue weighted by molar-refractivity contribution is -0.144. The molecule has 90 valence electrons. The number of aliphatic carboxylic acids is 1. The smallest absolute Gasteiger partial charge is 0.328 e. The van der Waals surface area contributed by atoms with E-state index in [2.05, 4.69) is 11.2 Å². The Hall–Kier alpha value is -1.21. The van der Waals surface area contributed by atoms with Crippen LogP contribution in [0.15, 0.2) is 18.2 Å². The molecule has 0 saturated carbocycles. The monoisotopic (exact) mass is 271 g/mol. The summed E-state index contributed by atoms with van der Waals surface area (Å²) in [6.45, 7) is 1.66. The first-order valence-electron chi connectivity index (χ1n) is 4.79. The number of rotatable bonds is 4. The zero-order chi connectivity index (χ0) is 13.1. The number of hydrogen-bond donors (Lipinski definition) is 2. The number of nitrogens with one attached hydrogen (secondary N) is 1. The number of halogens is 2. The van der Waals surface area contributed by atoms with Crippen molar-refractivity contribution in [2.24, 2.45) is 0 Å². The molecule has 1 aromatic carbocycles. The van der Waals surface area contributed by atoms with Crippen molar-refractivity contribution in [1.82, 2.24) is 5.32 Å². The second-order valence-corrected chi connectivity index (χ2v) is 4.43. The van der Waals surface area contributed by atoms with Crippen LogP contribution in [-0.4, -0.2) is 17.6 Å². The van der Waals surface area contributed by atoms with Crippen LogP contribution in [-0.2, 0) is 10.3 Å². The molecular weight excluding hydrogens is 261 g/mol. The molecule has 0 fully saturated rings. The van der Waals surface area contributed by atoms with Crippen LogP contribution >= 0.6 is 23.2 Å². The lowest BCUT2D eigenvalue weighted by atomic mass is 9.92. The maximum Gasteiger partial charge on any atom is 0.328 e. The SMILES string of the molecule is C#CCNC(C)(C(=O)O)c1ccc(Cl)c(Cl)c1. The van der Waals surface area contributed by atoms with Crippen molar-refractivity contribution >= 4 is 29.2 Å². The summed E-state index contributed by atoms with van der Waals surface area (Å²) >= 11 is 11.6. The summed E-state index contributed by atoms with van der Waals surface area (Å²) < 4.78 is 0. The van der Waals surface area contributed by atoms with Gasteiger partial charge in [-0.15, -0.1) is 6.42 Å². The van der Waals surface area contributed by atoms with Gasteiger partial charge in [0.2, 0.25) is 0 Å². The number of carboxylic acid groups (broad SMARTS) is 1. The minimum atomic E-state index is -1.29. The molecular formula is C12H11Cl2NO2. The van der Waals surface area contributed by atoms with Gasteiger partial charge in [-0.1, -0.05) is 35.2 Å². The van der Waals surface area contributed by atoms with Crippen LogP contribution in [0.3, 0.4) is 0 Å². The van der Waals surface area contributed by atoms with E-state index in [1.54, 1.807) is 12.1 Å². The third-order valence-electron chi connectivity index (χ3n) is 2.47. The van der Waals surface area contributed by atoms with Crippen molar-refractivity contribution in [2.75, 3.05) is 6.54 Å². The van der Waals surface area contributed by atoms with Crippen LogP contribution in [0, 0.1) is 12.3 Å². The molecule has 0 aliphatic carbocycles. The zero-order valence-electron chi connectivity index (χ0n) is 9.13. The summed E-state index contributed by atoms with van der Waals surface area (Å²) in [4.78, 5) is 11.3. The van der Waals surface area contributed by atoms with Gasteiger partial charge in [0.1, 0.15) is 5.54 Å². The molecule has 0 radical (unpaired) electrons. The molecule has 0 spiro atoms. The lowest BCUT2D eigenvalue weighted by Gasteiger charge is -2.26. The van der Waals surface area contributed by atoms with Crippen LogP contribution in [0.5, 0.6) is 0 Å². The molecule has 0 aliphatic rings. The largest absolute Gasteiger partial charge is 0.480 e. The molecule has 0 amide bonds. The molecule has 1 atom stereocenters. The molecule has 0 bridgehead atoms. The Morgan fingerprint density at radius 2 is 2.18 bits per heavy atom. The Bertz CT molecular complexity index is 482. The number of carboxylic acids is 1. The van der Waals surface area contributed by atoms with Crippen molar-refractivity contribution < 1.29 is 9.90 Å². The second-order valence-electron chi connectivity index (χ2n) is 3.62. The molecule has 1 rings (SSSR count). The first-order chi connectivity index (χ1) is 7.91. The number of hydrogen-bond acceptors (Lipinski definition) is 2. The summed E-state index contributed by atoms with van der Waals surface area (Å²) in [6, 6.07) is 4.67. The highest BCUT2D eigenvalue weighted by molar-refractivity contribution is 6.42. The standard InChI is InChI=1S/C12H11Cl2NO2/c1-3-6-15-12(2,11(16)17)8-4-5-9(13)10(14)7-8/h1,4-5,7,15H,6H2,2H3,(H,16,17). The lowest BCUT2D eigenvalue weighted by Crippen LogP contribution is -2.46. The van der Waals surface area contributed by atoms with Crippen LogP contribution in [0.2, 0.25) is 10.0 Å². The van der Waals surface area contributed by atoms with E-state index >= 15 is 0 Å². The van der Waals surface area contributed by atoms with Gasteiger partial charge in [0.25, 0.3) is 0 Å². The van der Waals surface area contributed by atoms with Gasteiger partial charge in [0, 0.05) is 0 Å². The van der Waals surface area contributed by atoms with Crippen molar-refractivity contribution in [3.63, 3.8) is 0 Å². The number of carbonyl (C=O) groups is 1. The maximum atomic E-state index is 11.3. The highest BCUT2D eigenvalue weighted by Crippen LogP contribution is 2.28. The van der Waals surface area contributed by atoms with Crippen LogP contribution in [0.4, 0.5) is 0 Å². The molecule has 17 heavy (non-hydrogen) atoms. The van der Waals surface area contributed by atoms with Gasteiger partial charge in [-0.2, -0.15) is 0 Å². The fraction of sp³-hybridized carbons (Fsp3) is 0.250. The van der Waals surface area contributed by atoms with Crippen LogP contribution in [0.25, 0.3) is 0 Å². The van der Waals surface area contributed by atoms with Crippen molar-refractivity contribution in [3.8, 4) is 12.3 Å². The highest BCUT2D eigenvalue weighted by atomic mass is 35.5. The van der Waals surface area contributed by atoms with E-state index in [1.165, 1.54) is 13.0 Å². The molecule has 3 nitrogen and oxygen atoms in total. The topological polar surface area (TPSA) is 49.3 Å². The van der Waals surface area contributed by atoms with E-state index in [0.29, 0.717) is 15.6 Å². The predicted octanol–water partition coefficient (Wildman–Crippen LogP) is 2.52. The van der Waals surface area contributed by atoms with E-state index in [9.17, 15) is 9.90 Å². The van der Waals surface area contributed by atoms with Crippen molar-refractivity contribution in [1.29, 1.82) is 0 Å². The van der Waals surface area contributed by atoms with E-state index < -0.39 is 11.5 Å². The first-order valence-corrected chi connectivity index (χ1v) is 5.55. The Labute approximate surface area is 110 Å². The van der Waals surface area contributed by atoms with Crippen molar-refractivity contribution in [3.05, 3.63) is 33.8 Å². The summed E-state index contributed by atoms with van der Waals surface area (Å²) in [7, 11) is 0. The summed E-state index contributed by atoms with van der Waals surface area (Å²) in [6.07, 6.45) is 5.12. The van der Waals surface area contributed by atoms with E-state index in [0.717, 1.165) is 0 Å². The zero-order valence-corrected chi connectivity index (χ0v) is 10.6. The molecule has 0 aromatic heterocycles. The van der Waals surface area contributed by atoms with Gasteiger partial charge >= 0.3 is 5.97 Å². The first kappa shape index (κ1) is 13.9. The molecule has 0 aliphatic heterocycles. The third kappa shape index (κ3) is 2.92. The molecule has 1 unspecified atom stereocenters. The van der Waals surface area contributed by atoms with E-state index in [4.69, 9.17) is 29.6 Å². The molecule has 1 aromatic rings. The van der Waals surface area contributed by atoms with Gasteiger partial charge in [0.15, 0.2) is 0 Å². The Morgan fingerprint density at radius 3 is 2.65 bits per heavy atom. The van der Waals surface area contributed by atoms with E-state index in [-0.39, 0.29) is 6.54 Å². The minimum Gasteiger partial charge on any atom is -0.480 e. The van der Waals surface area contributed by atoms with Crippen LogP contribution in [0.1, 0.15) is 12.5 Å². The molecule has 2 N–H and O–H groups in total. The van der Waals surface area contributed by atoms with Gasteiger partial charge in [-0.25, -0.2) is 4.79 Å². The Morgan fingerprint density at radius 1 is 1.53 bits per heavy atom. The average Bonchev–Trinajstić information content (AvgIpc) is 2.29. The van der Waals surface area contributed by atoms with Crippen molar-refractivity contribution in [2.45, 2.75) is 12.5 Å². The fourth-order valence-electron chi connectivity index (χ4n) is 1.34. The second kappa shape index (κ2) is 5.42. The summed E-state index contributed by atoms with van der Waals surface area (Å²) in [5.74, 6) is 1.30. The van der Waals surface area contributed by atoms with E-state index in [1.807, 2.05) is 0 Å². The predicted molar refractivity (Wildman–Crippen MR) is 68.3 cm³/mol. The molecule has 0 saturated heterocycles. The normalized spacial score (nSPS) is 13.8. The average molecular weight is 272 g/mol. The molecule has 5 heteroatoms. The van der Waals surface area contributed by atoms with Gasteiger partial charge < -0.3 is 5.11 Å². The van der Waals surface area contributed by atoms with Gasteiger partial charge in [-0.3, -0.25) is 5.32 Å².